The van der Waals surface area contributed by atoms with Crippen LogP contribution in [0.5, 0.6) is 0 Å². The van der Waals surface area contributed by atoms with E-state index in [1.807, 2.05) is 0 Å². The van der Waals surface area contributed by atoms with Gasteiger partial charge in [-0.3, -0.25) is 9.59 Å². The van der Waals surface area contributed by atoms with E-state index in [0.29, 0.717) is 25.9 Å². The molecule has 0 aromatic heterocycles. The van der Waals surface area contributed by atoms with Gasteiger partial charge >= 0.3 is 5.97 Å². The summed E-state index contributed by atoms with van der Waals surface area (Å²) >= 11 is 0. The first-order valence-electron chi connectivity index (χ1n) is 34.2. The zero-order valence-electron chi connectivity index (χ0n) is 51.3. The van der Waals surface area contributed by atoms with Crippen LogP contribution >= 0.6 is 0 Å². The number of aliphatic hydroxyl groups excluding tert-OH is 2. The van der Waals surface area contributed by atoms with Gasteiger partial charge in [-0.2, -0.15) is 0 Å². The van der Waals surface area contributed by atoms with E-state index in [-0.39, 0.29) is 18.5 Å². The Kier molecular flexibility index (Phi) is 63.9. The van der Waals surface area contributed by atoms with Gasteiger partial charge in [0.1, 0.15) is 0 Å². The molecule has 0 heterocycles. The van der Waals surface area contributed by atoms with Crippen molar-refractivity contribution in [3.05, 3.63) is 36.5 Å². The molecule has 0 bridgehead atoms. The predicted molar refractivity (Wildman–Crippen MR) is 333 cm³/mol. The van der Waals surface area contributed by atoms with Gasteiger partial charge in [-0.15, -0.1) is 0 Å². The third-order valence-electron chi connectivity index (χ3n) is 15.9. The van der Waals surface area contributed by atoms with Gasteiger partial charge in [0.05, 0.1) is 25.4 Å². The Bertz CT molecular complexity index is 1230. The predicted octanol–water partition coefficient (Wildman–Crippen LogP) is 21.9. The Labute approximate surface area is 474 Å². The van der Waals surface area contributed by atoms with Gasteiger partial charge in [-0.1, -0.05) is 314 Å². The fourth-order valence-corrected chi connectivity index (χ4v) is 10.7. The summed E-state index contributed by atoms with van der Waals surface area (Å²) in [5.41, 5.74) is 0. The summed E-state index contributed by atoms with van der Waals surface area (Å²) in [6.45, 7) is 4.95. The van der Waals surface area contributed by atoms with Crippen LogP contribution in [0.4, 0.5) is 0 Å². The molecule has 0 aromatic rings. The minimum Gasteiger partial charge on any atom is -0.466 e. The third-order valence-corrected chi connectivity index (χ3v) is 15.9. The minimum atomic E-state index is -0.664. The maximum absolute atomic E-state index is 12.5. The molecule has 0 aliphatic carbocycles. The van der Waals surface area contributed by atoms with Gasteiger partial charge in [0.25, 0.3) is 0 Å². The van der Waals surface area contributed by atoms with Crippen molar-refractivity contribution in [3.63, 3.8) is 0 Å². The molecule has 76 heavy (non-hydrogen) atoms. The highest BCUT2D eigenvalue weighted by atomic mass is 16.5. The number of ether oxygens (including phenoxy) is 1. The Hall–Kier alpha value is -1.92. The lowest BCUT2D eigenvalue weighted by Gasteiger charge is -2.22. The molecular weight excluding hydrogens is 935 g/mol. The van der Waals surface area contributed by atoms with E-state index in [1.54, 1.807) is 0 Å². The lowest BCUT2D eigenvalue weighted by molar-refractivity contribution is -0.143. The molecule has 0 spiro atoms. The SMILES string of the molecule is CCCCCC/C=C\C/C=C\CCCCCCCCCC(=O)OCCCCCCCCCCCCCC/C=C\CCCCCCCCCCCCCC(=O)NC(CO)C(O)CCCCCCCCCCCCCCCC. The molecule has 2 unspecified atom stereocenters. The number of aliphatic hydroxyl groups is 2. The summed E-state index contributed by atoms with van der Waals surface area (Å²) in [5, 5.41) is 23.3. The maximum atomic E-state index is 12.5. The molecule has 3 N–H and O–H groups in total. The Morgan fingerprint density at radius 1 is 0.368 bits per heavy atom. The summed E-state index contributed by atoms with van der Waals surface area (Å²) in [6, 6.07) is -0.542. The van der Waals surface area contributed by atoms with Gasteiger partial charge in [0, 0.05) is 12.8 Å². The first kappa shape index (κ1) is 74.1. The van der Waals surface area contributed by atoms with Crippen LogP contribution in [0.25, 0.3) is 0 Å². The summed E-state index contributed by atoms with van der Waals surface area (Å²) in [7, 11) is 0. The zero-order valence-corrected chi connectivity index (χ0v) is 51.3. The van der Waals surface area contributed by atoms with Crippen LogP contribution in [0, 0.1) is 0 Å². The molecule has 6 heteroatoms. The summed E-state index contributed by atoms with van der Waals surface area (Å²) < 4.78 is 5.50. The fraction of sp³-hybridized carbons (Fsp3) is 0.886. The molecule has 0 aliphatic rings. The normalized spacial score (nSPS) is 12.7. The molecule has 0 rings (SSSR count). The van der Waals surface area contributed by atoms with Gasteiger partial charge in [-0.25, -0.2) is 0 Å². The zero-order chi connectivity index (χ0) is 55.0. The molecule has 0 saturated carbocycles. The molecule has 448 valence electrons. The quantitative estimate of drug-likeness (QED) is 0.0320. The van der Waals surface area contributed by atoms with Crippen LogP contribution in [0.3, 0.4) is 0 Å². The molecule has 0 fully saturated rings. The molecule has 0 radical (unpaired) electrons. The van der Waals surface area contributed by atoms with Crippen LogP contribution in [-0.4, -0.2) is 47.4 Å². The summed E-state index contributed by atoms with van der Waals surface area (Å²) in [6.07, 6.45) is 83.2. The van der Waals surface area contributed by atoms with Crippen LogP contribution in [0.1, 0.15) is 373 Å². The van der Waals surface area contributed by atoms with Crippen LogP contribution < -0.4 is 5.32 Å². The number of hydrogen-bond acceptors (Lipinski definition) is 5. The van der Waals surface area contributed by atoms with E-state index in [0.717, 1.165) is 51.4 Å². The van der Waals surface area contributed by atoms with Crippen molar-refractivity contribution in [1.29, 1.82) is 0 Å². The highest BCUT2D eigenvalue weighted by Crippen LogP contribution is 2.18. The monoisotopic (exact) mass is 1070 g/mol. The lowest BCUT2D eigenvalue weighted by Crippen LogP contribution is -2.45. The summed E-state index contributed by atoms with van der Waals surface area (Å²) in [4.78, 5) is 24.6. The molecule has 1 amide bonds. The molecule has 6 nitrogen and oxygen atoms in total. The molecule has 0 aromatic carbocycles. The number of rotatable bonds is 64. The van der Waals surface area contributed by atoms with Gasteiger partial charge in [-0.05, 0) is 83.5 Å². The van der Waals surface area contributed by atoms with Crippen molar-refractivity contribution in [2.75, 3.05) is 13.2 Å². The van der Waals surface area contributed by atoms with Crippen molar-refractivity contribution < 1.29 is 24.5 Å². The van der Waals surface area contributed by atoms with Crippen molar-refractivity contribution >= 4 is 11.9 Å². The number of nitrogens with one attached hydrogen (secondary N) is 1. The number of carbonyl (C=O) groups is 2. The van der Waals surface area contributed by atoms with Crippen LogP contribution in [0.2, 0.25) is 0 Å². The van der Waals surface area contributed by atoms with Crippen molar-refractivity contribution in [1.82, 2.24) is 5.32 Å². The van der Waals surface area contributed by atoms with E-state index in [9.17, 15) is 19.8 Å². The molecule has 0 aliphatic heterocycles. The van der Waals surface area contributed by atoms with E-state index in [1.165, 1.54) is 289 Å². The largest absolute Gasteiger partial charge is 0.466 e. The number of hydrogen-bond donors (Lipinski definition) is 3. The van der Waals surface area contributed by atoms with Crippen molar-refractivity contribution in [2.24, 2.45) is 0 Å². The number of carbonyl (C=O) groups excluding carboxylic acids is 2. The second kappa shape index (κ2) is 65.6. The van der Waals surface area contributed by atoms with Crippen molar-refractivity contribution in [2.45, 2.75) is 386 Å². The Morgan fingerprint density at radius 2 is 0.658 bits per heavy atom. The van der Waals surface area contributed by atoms with E-state index in [4.69, 9.17) is 4.74 Å². The van der Waals surface area contributed by atoms with E-state index >= 15 is 0 Å². The summed E-state index contributed by atoms with van der Waals surface area (Å²) in [5.74, 6) is -0.0260. The number of amides is 1. The highest BCUT2D eigenvalue weighted by molar-refractivity contribution is 5.76. The Morgan fingerprint density at radius 3 is 1.03 bits per heavy atom. The average Bonchev–Trinajstić information content (AvgIpc) is 3.42. The first-order valence-corrected chi connectivity index (χ1v) is 34.2. The minimum absolute atomic E-state index is 0.00810. The fourth-order valence-electron chi connectivity index (χ4n) is 10.7. The first-order chi connectivity index (χ1) is 37.5. The van der Waals surface area contributed by atoms with Crippen LogP contribution in [-0.2, 0) is 14.3 Å². The molecule has 0 saturated heterocycles. The van der Waals surface area contributed by atoms with Crippen molar-refractivity contribution in [3.8, 4) is 0 Å². The van der Waals surface area contributed by atoms with Gasteiger partial charge in [0.2, 0.25) is 5.91 Å². The maximum Gasteiger partial charge on any atom is 0.305 e. The third kappa shape index (κ3) is 61.3. The van der Waals surface area contributed by atoms with E-state index in [2.05, 4.69) is 55.6 Å². The second-order valence-corrected chi connectivity index (χ2v) is 23.5. The topological polar surface area (TPSA) is 95.9 Å². The molecular formula is C70H133NO5. The number of esters is 1. The van der Waals surface area contributed by atoms with Gasteiger partial charge in [0.15, 0.2) is 0 Å². The number of allylic oxidation sites excluding steroid dienone is 6. The van der Waals surface area contributed by atoms with E-state index < -0.39 is 12.1 Å². The average molecular weight is 1070 g/mol. The van der Waals surface area contributed by atoms with Gasteiger partial charge < -0.3 is 20.3 Å². The van der Waals surface area contributed by atoms with Crippen LogP contribution in [0.15, 0.2) is 36.5 Å². The molecule has 2 atom stereocenters. The lowest BCUT2D eigenvalue weighted by atomic mass is 10.0. The second-order valence-electron chi connectivity index (χ2n) is 23.5. The Balaban J connectivity index is 3.37. The number of unbranched alkanes of at least 4 members (excludes halogenated alkanes) is 47. The smallest absolute Gasteiger partial charge is 0.305 e. The standard InChI is InChI=1S/C70H133NO5/c1-3-5-7-9-11-13-15-17-19-20-33-36-40-44-48-52-56-60-64-70(75)76-65-61-57-53-49-45-41-37-34-31-29-27-25-23-21-22-24-26-28-30-32-35-39-43-47-51-55-59-63-69(74)71-67(66-72)68(73)62-58-54-50-46-42-38-18-16-14-12-10-8-6-4-2/h13,15,19-22,67-68,72-73H,3-12,14,16-18,23-66H2,1-2H3,(H,71,74)/b15-13-,20-19-,22-21-. The highest BCUT2D eigenvalue weighted by Gasteiger charge is 2.20.